The molecule has 1 aliphatic rings. The molecule has 2 amide bonds. The van der Waals surface area contributed by atoms with E-state index in [-0.39, 0.29) is 12.5 Å². The Morgan fingerprint density at radius 3 is 2.25 bits per heavy atom. The molecular weight excluding hydrogens is 528 g/mol. The molecule has 9 heteroatoms. The lowest BCUT2D eigenvalue weighted by molar-refractivity contribution is 0.0962. The summed E-state index contributed by atoms with van der Waals surface area (Å²) in [5.41, 5.74) is 4.97. The van der Waals surface area contributed by atoms with Gasteiger partial charge < -0.3 is 15.1 Å². The zero-order valence-corrected chi connectivity index (χ0v) is 23.4. The molecule has 0 aliphatic heterocycles. The molecule has 0 spiro atoms. The summed E-state index contributed by atoms with van der Waals surface area (Å²) >= 11 is 0. The highest BCUT2D eigenvalue weighted by Gasteiger charge is 2.24. The second-order valence-corrected chi connectivity index (χ2v) is 12.2. The van der Waals surface area contributed by atoms with Crippen LogP contribution in [0.5, 0.6) is 0 Å². The molecule has 212 valence electrons. The number of nitrogens with zero attached hydrogens (tertiary/aromatic N) is 1. The number of rotatable bonds is 11. The summed E-state index contributed by atoms with van der Waals surface area (Å²) < 4.78 is 25.4. The van der Waals surface area contributed by atoms with Crippen LogP contribution in [0, 0.1) is 0 Å². The van der Waals surface area contributed by atoms with Gasteiger partial charge >= 0.3 is 6.09 Å². The minimum absolute atomic E-state index is 0.0137. The maximum atomic E-state index is 12.7. The van der Waals surface area contributed by atoms with Gasteiger partial charge in [0.15, 0.2) is 0 Å². The molecule has 0 saturated heterocycles. The van der Waals surface area contributed by atoms with E-state index in [0.29, 0.717) is 30.5 Å². The molecule has 0 unspecified atom stereocenters. The number of carboxylic acid groups (broad SMARTS) is 1. The average molecular weight is 565 g/mol. The summed E-state index contributed by atoms with van der Waals surface area (Å²) in [4.78, 5) is 25.7. The standard InChI is InChI=1S/C31H36N2O6S/c1-40(38,39)32-30(35)27-18-17-26(20-28(27)24-9-5-6-10-24)23-15-13-22(14-16-23)8-7-19-33(31(36)37)21-29(34)25-11-3-2-4-12-25/h2-4,11-18,20,24,29,34H,5-10,19,21H2,1H3,(H,32,35)(H,36,37)/t29-/m0/s1. The lowest BCUT2D eigenvalue weighted by atomic mass is 9.89. The van der Waals surface area contributed by atoms with Crippen molar-refractivity contribution >= 4 is 22.0 Å². The summed E-state index contributed by atoms with van der Waals surface area (Å²) in [5.74, 6) is -0.380. The summed E-state index contributed by atoms with van der Waals surface area (Å²) in [6.45, 7) is 0.322. The van der Waals surface area contributed by atoms with Crippen molar-refractivity contribution in [1.29, 1.82) is 0 Å². The van der Waals surface area contributed by atoms with Crippen molar-refractivity contribution in [3.05, 3.63) is 95.1 Å². The normalized spacial score (nSPS) is 14.6. The minimum Gasteiger partial charge on any atom is -0.465 e. The number of benzene rings is 3. The van der Waals surface area contributed by atoms with Crippen LogP contribution in [-0.4, -0.2) is 54.9 Å². The van der Waals surface area contributed by atoms with Crippen molar-refractivity contribution in [2.45, 2.75) is 50.5 Å². The molecule has 0 heterocycles. The van der Waals surface area contributed by atoms with Gasteiger partial charge in [0.1, 0.15) is 0 Å². The fourth-order valence-corrected chi connectivity index (χ4v) is 5.79. The maximum absolute atomic E-state index is 12.7. The summed E-state index contributed by atoms with van der Waals surface area (Å²) in [7, 11) is -3.66. The molecule has 3 aromatic carbocycles. The molecule has 1 saturated carbocycles. The van der Waals surface area contributed by atoms with Crippen LogP contribution in [0.15, 0.2) is 72.8 Å². The molecule has 8 nitrogen and oxygen atoms in total. The SMILES string of the molecule is CS(=O)(=O)NC(=O)c1ccc(-c2ccc(CCCN(C[C@H](O)c3ccccc3)C(=O)O)cc2)cc1C1CCCC1. The number of carbonyl (C=O) groups is 2. The topological polar surface area (TPSA) is 124 Å². The van der Waals surface area contributed by atoms with Gasteiger partial charge in [0, 0.05) is 12.1 Å². The van der Waals surface area contributed by atoms with Gasteiger partial charge in [0.2, 0.25) is 10.0 Å². The molecule has 4 rings (SSSR count). The van der Waals surface area contributed by atoms with E-state index in [2.05, 4.69) is 4.72 Å². The van der Waals surface area contributed by atoms with Gasteiger partial charge in [0.25, 0.3) is 5.91 Å². The Bertz CT molecular complexity index is 1420. The highest BCUT2D eigenvalue weighted by Crippen LogP contribution is 2.38. The van der Waals surface area contributed by atoms with Crippen molar-refractivity contribution in [1.82, 2.24) is 9.62 Å². The Kier molecular flexibility index (Phi) is 9.60. The summed E-state index contributed by atoms with van der Waals surface area (Å²) in [6.07, 6.45) is 4.44. The molecule has 0 aromatic heterocycles. The lowest BCUT2D eigenvalue weighted by Crippen LogP contribution is -2.34. The number of amides is 2. The lowest BCUT2D eigenvalue weighted by Gasteiger charge is -2.22. The van der Waals surface area contributed by atoms with Crippen molar-refractivity contribution in [2.24, 2.45) is 0 Å². The van der Waals surface area contributed by atoms with E-state index in [9.17, 15) is 28.2 Å². The highest BCUT2D eigenvalue weighted by atomic mass is 32.2. The second kappa shape index (κ2) is 13.1. The van der Waals surface area contributed by atoms with Crippen molar-refractivity contribution in [2.75, 3.05) is 19.3 Å². The van der Waals surface area contributed by atoms with Crippen LogP contribution in [0.25, 0.3) is 11.1 Å². The molecule has 1 fully saturated rings. The number of aliphatic hydroxyl groups excluding tert-OH is 1. The smallest absolute Gasteiger partial charge is 0.407 e. The Balaban J connectivity index is 1.41. The first-order valence-corrected chi connectivity index (χ1v) is 15.5. The van der Waals surface area contributed by atoms with Gasteiger partial charge in [-0.2, -0.15) is 0 Å². The molecule has 3 N–H and O–H groups in total. The van der Waals surface area contributed by atoms with Gasteiger partial charge in [-0.15, -0.1) is 0 Å². The molecule has 0 radical (unpaired) electrons. The van der Waals surface area contributed by atoms with Crippen LogP contribution < -0.4 is 4.72 Å². The molecular formula is C31H36N2O6S. The summed E-state index contributed by atoms with van der Waals surface area (Å²) in [6, 6.07) is 22.6. The first kappa shape index (κ1) is 29.3. The largest absolute Gasteiger partial charge is 0.465 e. The van der Waals surface area contributed by atoms with Gasteiger partial charge in [-0.05, 0) is 65.5 Å². The number of aryl methyl sites for hydroxylation is 1. The third-order valence-corrected chi connectivity index (χ3v) is 7.95. The monoisotopic (exact) mass is 564 g/mol. The van der Waals surface area contributed by atoms with Crippen molar-refractivity contribution < 1.29 is 28.2 Å². The Morgan fingerprint density at radius 1 is 0.975 bits per heavy atom. The third-order valence-electron chi connectivity index (χ3n) is 7.40. The van der Waals surface area contributed by atoms with Crippen molar-refractivity contribution in [3.63, 3.8) is 0 Å². The highest BCUT2D eigenvalue weighted by molar-refractivity contribution is 7.89. The number of hydrogen-bond donors (Lipinski definition) is 3. The van der Waals surface area contributed by atoms with Crippen LogP contribution in [-0.2, 0) is 16.4 Å². The zero-order chi connectivity index (χ0) is 28.7. The number of nitrogens with one attached hydrogen (secondary N) is 1. The zero-order valence-electron chi connectivity index (χ0n) is 22.6. The van der Waals surface area contributed by atoms with Gasteiger partial charge in [-0.25, -0.2) is 17.9 Å². The van der Waals surface area contributed by atoms with Crippen LogP contribution in [0.1, 0.15) is 71.2 Å². The predicted octanol–water partition coefficient (Wildman–Crippen LogP) is 5.35. The van der Waals surface area contributed by atoms with E-state index in [4.69, 9.17) is 0 Å². The fraction of sp³-hybridized carbons (Fsp3) is 0.355. The van der Waals surface area contributed by atoms with Crippen LogP contribution in [0.3, 0.4) is 0 Å². The quantitative estimate of drug-likeness (QED) is 0.289. The van der Waals surface area contributed by atoms with E-state index in [1.54, 1.807) is 18.2 Å². The number of aliphatic hydroxyl groups is 1. The van der Waals surface area contributed by atoms with Crippen LogP contribution in [0.4, 0.5) is 4.79 Å². The molecule has 40 heavy (non-hydrogen) atoms. The van der Waals surface area contributed by atoms with E-state index in [1.165, 1.54) is 4.90 Å². The molecule has 0 bridgehead atoms. The number of carbonyl (C=O) groups excluding carboxylic acids is 1. The first-order chi connectivity index (χ1) is 19.1. The molecule has 1 atom stereocenters. The predicted molar refractivity (Wildman–Crippen MR) is 155 cm³/mol. The van der Waals surface area contributed by atoms with Crippen molar-refractivity contribution in [3.8, 4) is 11.1 Å². The maximum Gasteiger partial charge on any atom is 0.407 e. The number of sulfonamides is 1. The Morgan fingerprint density at radius 2 is 1.62 bits per heavy atom. The minimum atomic E-state index is -3.66. The Hall–Kier alpha value is -3.69. The first-order valence-electron chi connectivity index (χ1n) is 13.6. The van der Waals surface area contributed by atoms with E-state index in [1.807, 2.05) is 54.6 Å². The molecule has 3 aromatic rings. The van der Waals surface area contributed by atoms with E-state index in [0.717, 1.165) is 54.2 Å². The number of hydrogen-bond acceptors (Lipinski definition) is 5. The van der Waals surface area contributed by atoms with Crippen LogP contribution in [0.2, 0.25) is 0 Å². The van der Waals surface area contributed by atoms with Gasteiger partial charge in [-0.1, -0.05) is 79.6 Å². The molecule has 1 aliphatic carbocycles. The van der Waals surface area contributed by atoms with E-state index >= 15 is 0 Å². The second-order valence-electron chi connectivity index (χ2n) is 10.4. The fourth-order valence-electron chi connectivity index (χ4n) is 5.34. The average Bonchev–Trinajstić information content (AvgIpc) is 3.47. The summed E-state index contributed by atoms with van der Waals surface area (Å²) in [5, 5.41) is 20.0. The van der Waals surface area contributed by atoms with Gasteiger partial charge in [0.05, 0.1) is 18.9 Å². The van der Waals surface area contributed by atoms with E-state index < -0.39 is 28.1 Å². The van der Waals surface area contributed by atoms with Crippen LogP contribution >= 0.6 is 0 Å². The third kappa shape index (κ3) is 7.92. The Labute approximate surface area is 235 Å². The van der Waals surface area contributed by atoms with Gasteiger partial charge in [-0.3, -0.25) is 4.79 Å².